The highest BCUT2D eigenvalue weighted by Crippen LogP contribution is 2.31. The maximum absolute atomic E-state index is 4.57. The van der Waals surface area contributed by atoms with E-state index in [9.17, 15) is 0 Å². The number of pyridine rings is 1. The van der Waals surface area contributed by atoms with E-state index in [0.717, 1.165) is 32.1 Å². The number of aromatic nitrogens is 3. The second-order valence-corrected chi connectivity index (χ2v) is 6.47. The molecule has 1 atom stereocenters. The van der Waals surface area contributed by atoms with E-state index >= 15 is 0 Å². The number of hydrogen-bond donors (Lipinski definition) is 0. The highest BCUT2D eigenvalue weighted by Gasteiger charge is 2.27. The Morgan fingerprint density at radius 3 is 2.52 bits per heavy atom. The summed E-state index contributed by atoms with van der Waals surface area (Å²) >= 11 is 0. The molecule has 4 rings (SSSR count). The summed E-state index contributed by atoms with van der Waals surface area (Å²) in [5.41, 5.74) is 2.37. The molecule has 0 unspecified atom stereocenters. The number of hydrogen-bond acceptors (Lipinski definition) is 5. The van der Waals surface area contributed by atoms with Crippen molar-refractivity contribution in [3.8, 4) is 0 Å². The van der Waals surface area contributed by atoms with Crippen LogP contribution in [-0.2, 0) is 6.54 Å². The molecule has 0 radical (unpaired) electrons. The van der Waals surface area contributed by atoms with Crippen LogP contribution in [0.5, 0.6) is 0 Å². The van der Waals surface area contributed by atoms with Gasteiger partial charge in [0.2, 0.25) is 5.95 Å². The van der Waals surface area contributed by atoms with Crippen molar-refractivity contribution in [2.45, 2.75) is 38.3 Å². The summed E-state index contributed by atoms with van der Waals surface area (Å²) < 4.78 is 0. The Morgan fingerprint density at radius 1 is 0.957 bits per heavy atom. The fraction of sp³-hybridized carbons (Fsp3) is 0.500. The first-order valence-electron chi connectivity index (χ1n) is 8.61. The summed E-state index contributed by atoms with van der Waals surface area (Å²) in [7, 11) is 0. The van der Waals surface area contributed by atoms with E-state index in [4.69, 9.17) is 0 Å². The fourth-order valence-corrected chi connectivity index (χ4v) is 3.67. The quantitative estimate of drug-likeness (QED) is 0.869. The highest BCUT2D eigenvalue weighted by atomic mass is 15.3. The van der Waals surface area contributed by atoms with Crippen LogP contribution in [0.15, 0.2) is 36.8 Å². The molecule has 0 amide bonds. The highest BCUT2D eigenvalue weighted by molar-refractivity contribution is 5.31. The Bertz CT molecular complexity index is 622. The maximum atomic E-state index is 4.57. The SMILES string of the molecule is c1ccc([C@H]2CCCN2Cc2cnc(N3CCCC3)nc2)nc1. The van der Waals surface area contributed by atoms with Gasteiger partial charge < -0.3 is 4.90 Å². The van der Waals surface area contributed by atoms with Crippen molar-refractivity contribution in [2.75, 3.05) is 24.5 Å². The lowest BCUT2D eigenvalue weighted by Gasteiger charge is -2.24. The van der Waals surface area contributed by atoms with Crippen LogP contribution in [-0.4, -0.2) is 39.5 Å². The number of rotatable bonds is 4. The van der Waals surface area contributed by atoms with Crippen LogP contribution < -0.4 is 4.90 Å². The van der Waals surface area contributed by atoms with E-state index in [0.29, 0.717) is 6.04 Å². The van der Waals surface area contributed by atoms with Crippen LogP contribution in [0, 0.1) is 0 Å². The van der Waals surface area contributed by atoms with Gasteiger partial charge in [-0.05, 0) is 44.4 Å². The minimum Gasteiger partial charge on any atom is -0.341 e. The molecule has 0 bridgehead atoms. The van der Waals surface area contributed by atoms with Gasteiger partial charge in [0.05, 0.1) is 11.7 Å². The van der Waals surface area contributed by atoms with Gasteiger partial charge in [-0.25, -0.2) is 9.97 Å². The molecule has 23 heavy (non-hydrogen) atoms. The lowest BCUT2D eigenvalue weighted by molar-refractivity contribution is 0.244. The summed E-state index contributed by atoms with van der Waals surface area (Å²) in [6.07, 6.45) is 10.8. The van der Waals surface area contributed by atoms with Gasteiger partial charge in [0.15, 0.2) is 0 Å². The van der Waals surface area contributed by atoms with E-state index in [2.05, 4.69) is 36.9 Å². The molecule has 0 spiro atoms. The van der Waals surface area contributed by atoms with Crippen molar-refractivity contribution in [1.29, 1.82) is 0 Å². The monoisotopic (exact) mass is 309 g/mol. The van der Waals surface area contributed by atoms with Crippen LogP contribution in [0.2, 0.25) is 0 Å². The minimum absolute atomic E-state index is 0.425. The standard InChI is InChI=1S/C18H23N5/c1-2-8-19-16(6-1)17-7-5-11-23(17)14-15-12-20-18(21-13-15)22-9-3-4-10-22/h1-2,6,8,12-13,17H,3-5,7,9-11,14H2/t17-/m1/s1. The average Bonchev–Trinajstić information content (AvgIpc) is 3.28. The second-order valence-electron chi connectivity index (χ2n) is 6.47. The molecule has 2 aromatic rings. The Balaban J connectivity index is 1.44. The topological polar surface area (TPSA) is 45.2 Å². The molecule has 2 aliphatic heterocycles. The normalized spacial score (nSPS) is 21.9. The molecular formula is C18H23N5. The molecule has 0 aromatic carbocycles. The molecule has 2 fully saturated rings. The first kappa shape index (κ1) is 14.6. The van der Waals surface area contributed by atoms with E-state index in [1.54, 1.807) is 0 Å². The van der Waals surface area contributed by atoms with E-state index < -0.39 is 0 Å². The minimum atomic E-state index is 0.425. The molecule has 5 nitrogen and oxygen atoms in total. The maximum Gasteiger partial charge on any atom is 0.225 e. The predicted octanol–water partition coefficient (Wildman–Crippen LogP) is 2.81. The van der Waals surface area contributed by atoms with Gasteiger partial charge in [0, 0.05) is 43.8 Å². The van der Waals surface area contributed by atoms with Gasteiger partial charge in [-0.1, -0.05) is 6.07 Å². The van der Waals surface area contributed by atoms with Crippen LogP contribution in [0.25, 0.3) is 0 Å². The number of anilines is 1. The first-order valence-corrected chi connectivity index (χ1v) is 8.61. The lowest BCUT2D eigenvalue weighted by Crippen LogP contribution is -2.24. The van der Waals surface area contributed by atoms with Gasteiger partial charge in [-0.2, -0.15) is 0 Å². The molecule has 2 aromatic heterocycles. The third-order valence-corrected chi connectivity index (χ3v) is 4.86. The van der Waals surface area contributed by atoms with Gasteiger partial charge in [0.25, 0.3) is 0 Å². The molecule has 0 saturated carbocycles. The zero-order valence-electron chi connectivity index (χ0n) is 13.4. The van der Waals surface area contributed by atoms with Crippen molar-refractivity contribution in [3.05, 3.63) is 48.0 Å². The summed E-state index contributed by atoms with van der Waals surface area (Å²) in [6.45, 7) is 4.21. The molecule has 120 valence electrons. The van der Waals surface area contributed by atoms with Crippen molar-refractivity contribution < 1.29 is 0 Å². The van der Waals surface area contributed by atoms with Crippen molar-refractivity contribution in [1.82, 2.24) is 19.9 Å². The molecule has 2 aliphatic rings. The smallest absolute Gasteiger partial charge is 0.225 e. The Morgan fingerprint density at radius 2 is 1.78 bits per heavy atom. The number of nitrogens with zero attached hydrogens (tertiary/aromatic N) is 5. The van der Waals surface area contributed by atoms with Crippen molar-refractivity contribution in [2.24, 2.45) is 0 Å². The van der Waals surface area contributed by atoms with Gasteiger partial charge in [-0.15, -0.1) is 0 Å². The second kappa shape index (κ2) is 6.62. The van der Waals surface area contributed by atoms with Gasteiger partial charge >= 0.3 is 0 Å². The van der Waals surface area contributed by atoms with Crippen LogP contribution in [0.1, 0.15) is 43.0 Å². The van der Waals surface area contributed by atoms with Crippen LogP contribution in [0.3, 0.4) is 0 Å². The molecule has 0 aliphatic carbocycles. The molecule has 4 heterocycles. The summed E-state index contributed by atoms with van der Waals surface area (Å²) in [6, 6.07) is 6.62. The van der Waals surface area contributed by atoms with Gasteiger partial charge in [0.1, 0.15) is 0 Å². The lowest BCUT2D eigenvalue weighted by atomic mass is 10.1. The predicted molar refractivity (Wildman–Crippen MR) is 90.1 cm³/mol. The number of likely N-dealkylation sites (tertiary alicyclic amines) is 1. The Hall–Kier alpha value is -2.01. The average molecular weight is 309 g/mol. The van der Waals surface area contributed by atoms with E-state index in [-0.39, 0.29) is 0 Å². The zero-order chi connectivity index (χ0) is 15.5. The third-order valence-electron chi connectivity index (χ3n) is 4.86. The Labute approximate surface area is 137 Å². The van der Waals surface area contributed by atoms with Crippen molar-refractivity contribution >= 4 is 5.95 Å². The zero-order valence-corrected chi connectivity index (χ0v) is 13.4. The van der Waals surface area contributed by atoms with Crippen molar-refractivity contribution in [3.63, 3.8) is 0 Å². The molecule has 5 heteroatoms. The molecule has 2 saturated heterocycles. The summed E-state index contributed by atoms with van der Waals surface area (Å²) in [5, 5.41) is 0. The third kappa shape index (κ3) is 3.20. The van der Waals surface area contributed by atoms with E-state index in [1.165, 1.54) is 36.9 Å². The Kier molecular flexibility index (Phi) is 4.20. The largest absolute Gasteiger partial charge is 0.341 e. The fourth-order valence-electron chi connectivity index (χ4n) is 3.67. The molecular weight excluding hydrogens is 286 g/mol. The van der Waals surface area contributed by atoms with E-state index in [1.807, 2.05) is 24.7 Å². The summed E-state index contributed by atoms with van der Waals surface area (Å²) in [5.74, 6) is 0.883. The first-order chi connectivity index (χ1) is 11.4. The molecule has 0 N–H and O–H groups in total. The summed E-state index contributed by atoms with van der Waals surface area (Å²) in [4.78, 5) is 18.5. The van der Waals surface area contributed by atoms with Crippen LogP contribution in [0.4, 0.5) is 5.95 Å². The van der Waals surface area contributed by atoms with Gasteiger partial charge in [-0.3, -0.25) is 9.88 Å². The van der Waals surface area contributed by atoms with Crippen LogP contribution >= 0.6 is 0 Å².